The van der Waals surface area contributed by atoms with Gasteiger partial charge in [0.25, 0.3) is 5.89 Å². The molecule has 0 saturated heterocycles. The molecule has 0 bridgehead atoms. The zero-order valence-electron chi connectivity index (χ0n) is 14.2. The quantitative estimate of drug-likeness (QED) is 0.687. The highest BCUT2D eigenvalue weighted by Gasteiger charge is 2.26. The third kappa shape index (κ3) is 3.15. The lowest BCUT2D eigenvalue weighted by Gasteiger charge is -2.09. The molecule has 0 aliphatic carbocycles. The third-order valence-electron chi connectivity index (χ3n) is 3.60. The van der Waals surface area contributed by atoms with E-state index in [4.69, 9.17) is 13.7 Å². The maximum Gasteiger partial charge on any atom is 0.293 e. The van der Waals surface area contributed by atoms with E-state index in [1.807, 2.05) is 12.1 Å². The fraction of sp³-hybridized carbons (Fsp3) is 0.250. The molecule has 0 radical (unpaired) electrons. The summed E-state index contributed by atoms with van der Waals surface area (Å²) in [5.74, 6) is 1.56. The van der Waals surface area contributed by atoms with Crippen molar-refractivity contribution in [1.29, 1.82) is 0 Å². The highest BCUT2D eigenvalue weighted by molar-refractivity contribution is 7.89. The van der Waals surface area contributed by atoms with Gasteiger partial charge in [-0.1, -0.05) is 17.3 Å². The van der Waals surface area contributed by atoms with E-state index in [2.05, 4.69) is 10.1 Å². The predicted octanol–water partition coefficient (Wildman–Crippen LogP) is 2.56. The second-order valence-corrected chi connectivity index (χ2v) is 7.59. The molecular weight excluding hydrogens is 346 g/mol. The Morgan fingerprint density at radius 2 is 1.96 bits per heavy atom. The van der Waals surface area contributed by atoms with Crippen LogP contribution in [0.3, 0.4) is 0 Å². The number of hydrogen-bond acceptors (Lipinski definition) is 7. The number of furan rings is 1. The summed E-state index contributed by atoms with van der Waals surface area (Å²) in [5, 5.41) is 3.91. The van der Waals surface area contributed by atoms with Gasteiger partial charge in [-0.25, -0.2) is 12.7 Å². The molecule has 3 aromatic rings. The van der Waals surface area contributed by atoms with E-state index >= 15 is 0 Å². The van der Waals surface area contributed by atoms with Crippen molar-refractivity contribution < 1.29 is 22.1 Å². The minimum Gasteiger partial charge on any atom is -0.497 e. The van der Waals surface area contributed by atoms with Crippen molar-refractivity contribution in [2.24, 2.45) is 0 Å². The van der Waals surface area contributed by atoms with Gasteiger partial charge in [0.2, 0.25) is 15.8 Å². The molecule has 8 nitrogen and oxygen atoms in total. The van der Waals surface area contributed by atoms with Crippen LogP contribution in [0.25, 0.3) is 23.0 Å². The van der Waals surface area contributed by atoms with E-state index in [1.54, 1.807) is 26.2 Å². The Kier molecular flexibility index (Phi) is 4.36. The zero-order valence-corrected chi connectivity index (χ0v) is 15.0. The lowest BCUT2D eigenvalue weighted by molar-refractivity contribution is 0.412. The van der Waals surface area contributed by atoms with Crippen LogP contribution < -0.4 is 4.74 Å². The first kappa shape index (κ1) is 17.2. The molecule has 3 rings (SSSR count). The number of benzene rings is 1. The van der Waals surface area contributed by atoms with Gasteiger partial charge in [0.05, 0.1) is 7.11 Å². The fourth-order valence-corrected chi connectivity index (χ4v) is 3.28. The van der Waals surface area contributed by atoms with Crippen molar-refractivity contribution in [2.75, 3.05) is 21.2 Å². The first-order valence-corrected chi connectivity index (χ1v) is 8.78. The molecule has 0 atom stereocenters. The van der Waals surface area contributed by atoms with Gasteiger partial charge in [-0.15, -0.1) is 0 Å². The molecule has 9 heteroatoms. The second kappa shape index (κ2) is 6.34. The zero-order chi connectivity index (χ0) is 18.2. The summed E-state index contributed by atoms with van der Waals surface area (Å²) < 4.78 is 41.6. The Morgan fingerprint density at radius 1 is 1.20 bits per heavy atom. The van der Waals surface area contributed by atoms with E-state index in [1.165, 1.54) is 20.2 Å². The van der Waals surface area contributed by atoms with Gasteiger partial charge >= 0.3 is 0 Å². The Bertz CT molecular complexity index is 1000. The van der Waals surface area contributed by atoms with Crippen molar-refractivity contribution in [3.63, 3.8) is 0 Å². The molecule has 0 fully saturated rings. The molecule has 0 saturated carbocycles. The molecule has 2 heterocycles. The summed E-state index contributed by atoms with van der Waals surface area (Å²) in [6.07, 6.45) is 0. The number of ether oxygens (including phenoxy) is 1. The molecular formula is C16H17N3O5S. The molecule has 0 aliphatic heterocycles. The molecule has 0 aliphatic rings. The summed E-state index contributed by atoms with van der Waals surface area (Å²) in [7, 11) is 0.859. The molecule has 132 valence electrons. The number of aryl methyl sites for hydroxylation is 1. The Balaban J connectivity index is 1.98. The number of nitrogens with zero attached hydrogens (tertiary/aromatic N) is 3. The maximum absolute atomic E-state index is 12.3. The van der Waals surface area contributed by atoms with Gasteiger partial charge in [-0.3, -0.25) is 0 Å². The van der Waals surface area contributed by atoms with Crippen LogP contribution in [0.2, 0.25) is 0 Å². The summed E-state index contributed by atoms with van der Waals surface area (Å²) in [6.45, 7) is 1.57. The summed E-state index contributed by atoms with van der Waals surface area (Å²) in [5.41, 5.74) is 0.707. The third-order valence-corrected chi connectivity index (χ3v) is 5.52. The largest absolute Gasteiger partial charge is 0.497 e. The SMILES string of the molecule is COc1cccc(-c2noc(-c3cc(S(=O)(=O)N(C)C)c(C)o3)n2)c1. The standard InChI is InChI=1S/C16H17N3O5S/c1-10-14(25(20,21)19(2)3)9-13(23-10)16-17-15(18-24-16)11-6-5-7-12(8-11)22-4/h5-9H,1-4H3. The lowest BCUT2D eigenvalue weighted by Crippen LogP contribution is -2.22. The Hall–Kier alpha value is -2.65. The van der Waals surface area contributed by atoms with E-state index in [0.29, 0.717) is 17.1 Å². The number of hydrogen-bond donors (Lipinski definition) is 0. The van der Waals surface area contributed by atoms with Crippen LogP contribution in [-0.4, -0.2) is 44.1 Å². The Labute approximate surface area is 145 Å². The van der Waals surface area contributed by atoms with Gasteiger partial charge in [-0.05, 0) is 19.1 Å². The molecule has 2 aromatic heterocycles. The number of aromatic nitrogens is 2. The average molecular weight is 363 g/mol. The molecule has 0 N–H and O–H groups in total. The topological polar surface area (TPSA) is 98.7 Å². The van der Waals surface area contributed by atoms with Crippen molar-refractivity contribution >= 4 is 10.0 Å². The van der Waals surface area contributed by atoms with Crippen LogP contribution >= 0.6 is 0 Å². The fourth-order valence-electron chi connectivity index (χ4n) is 2.23. The number of sulfonamides is 1. The smallest absolute Gasteiger partial charge is 0.293 e. The average Bonchev–Trinajstić information content (AvgIpc) is 3.21. The first-order chi connectivity index (χ1) is 11.8. The molecule has 25 heavy (non-hydrogen) atoms. The number of rotatable bonds is 5. The van der Waals surface area contributed by atoms with E-state index in [0.717, 1.165) is 4.31 Å². The van der Waals surface area contributed by atoms with Crippen molar-refractivity contribution in [2.45, 2.75) is 11.8 Å². The summed E-state index contributed by atoms with van der Waals surface area (Å²) in [6, 6.07) is 8.58. The summed E-state index contributed by atoms with van der Waals surface area (Å²) in [4.78, 5) is 4.34. The Morgan fingerprint density at radius 3 is 2.64 bits per heavy atom. The molecule has 1 aromatic carbocycles. The van der Waals surface area contributed by atoms with Gasteiger partial charge in [0.15, 0.2) is 5.76 Å². The van der Waals surface area contributed by atoms with Crippen molar-refractivity contribution in [3.05, 3.63) is 36.1 Å². The molecule has 0 spiro atoms. The lowest BCUT2D eigenvalue weighted by atomic mass is 10.2. The van der Waals surface area contributed by atoms with Crippen LogP contribution in [-0.2, 0) is 10.0 Å². The van der Waals surface area contributed by atoms with Crippen LogP contribution in [0, 0.1) is 6.92 Å². The monoisotopic (exact) mass is 363 g/mol. The van der Waals surface area contributed by atoms with Crippen LogP contribution in [0.1, 0.15) is 5.76 Å². The highest BCUT2D eigenvalue weighted by Crippen LogP contribution is 2.30. The minimum atomic E-state index is -3.62. The van der Waals surface area contributed by atoms with Crippen LogP contribution in [0.5, 0.6) is 5.75 Å². The van der Waals surface area contributed by atoms with E-state index in [9.17, 15) is 8.42 Å². The highest BCUT2D eigenvalue weighted by atomic mass is 32.2. The molecule has 0 amide bonds. The number of methoxy groups -OCH3 is 1. The van der Waals surface area contributed by atoms with Gasteiger partial charge < -0.3 is 13.7 Å². The normalized spacial score (nSPS) is 11.9. The predicted molar refractivity (Wildman–Crippen MR) is 89.6 cm³/mol. The van der Waals surface area contributed by atoms with Gasteiger partial charge in [0.1, 0.15) is 16.4 Å². The summed E-state index contributed by atoms with van der Waals surface area (Å²) >= 11 is 0. The van der Waals surface area contributed by atoms with Crippen molar-refractivity contribution in [1.82, 2.24) is 14.4 Å². The van der Waals surface area contributed by atoms with Crippen LogP contribution in [0.4, 0.5) is 0 Å². The minimum absolute atomic E-state index is 0.0635. The maximum atomic E-state index is 12.3. The van der Waals surface area contributed by atoms with Gasteiger partial charge in [-0.2, -0.15) is 4.98 Å². The van der Waals surface area contributed by atoms with Gasteiger partial charge in [0, 0.05) is 25.7 Å². The second-order valence-electron chi connectivity index (χ2n) is 5.47. The first-order valence-electron chi connectivity index (χ1n) is 7.34. The van der Waals surface area contributed by atoms with E-state index in [-0.39, 0.29) is 22.3 Å². The molecule has 0 unspecified atom stereocenters. The van der Waals surface area contributed by atoms with Crippen LogP contribution in [0.15, 0.2) is 44.2 Å². The van der Waals surface area contributed by atoms with E-state index < -0.39 is 10.0 Å². The van der Waals surface area contributed by atoms with Crippen molar-refractivity contribution in [3.8, 4) is 28.8 Å².